The van der Waals surface area contributed by atoms with Gasteiger partial charge in [-0.3, -0.25) is 4.79 Å². The summed E-state index contributed by atoms with van der Waals surface area (Å²) < 4.78 is 5.86. The van der Waals surface area contributed by atoms with Gasteiger partial charge in [-0.25, -0.2) is 4.98 Å². The molecule has 2 aromatic rings. The first-order chi connectivity index (χ1) is 11.5. The van der Waals surface area contributed by atoms with E-state index in [4.69, 9.17) is 4.74 Å². The molecule has 1 saturated heterocycles. The van der Waals surface area contributed by atoms with Crippen LogP contribution < -0.4 is 9.64 Å². The van der Waals surface area contributed by atoms with Gasteiger partial charge in [0.15, 0.2) is 0 Å². The molecule has 1 aromatic heterocycles. The zero-order valence-corrected chi connectivity index (χ0v) is 14.3. The number of piperazine rings is 1. The number of carbonyl (C=O) groups excluding carboxylic acids is 1. The van der Waals surface area contributed by atoms with Crippen molar-refractivity contribution in [1.82, 2.24) is 14.9 Å². The van der Waals surface area contributed by atoms with Gasteiger partial charge in [-0.05, 0) is 26.0 Å². The highest BCUT2D eigenvalue weighted by Crippen LogP contribution is 2.24. The fourth-order valence-corrected chi connectivity index (χ4v) is 2.72. The summed E-state index contributed by atoms with van der Waals surface area (Å²) >= 11 is 0. The summed E-state index contributed by atoms with van der Waals surface area (Å²) in [6.07, 6.45) is 0. The molecule has 6 heteroatoms. The number of rotatable bonds is 3. The minimum absolute atomic E-state index is 0.122. The number of hydrogen-bond donors (Lipinski definition) is 0. The van der Waals surface area contributed by atoms with E-state index in [2.05, 4.69) is 14.9 Å². The minimum atomic E-state index is 0.122. The Labute approximate surface area is 142 Å². The van der Waals surface area contributed by atoms with Crippen molar-refractivity contribution in [3.63, 3.8) is 0 Å². The summed E-state index contributed by atoms with van der Waals surface area (Å²) in [4.78, 5) is 24.3. The molecule has 24 heavy (non-hydrogen) atoms. The van der Waals surface area contributed by atoms with Crippen LogP contribution in [0.2, 0.25) is 0 Å². The van der Waals surface area contributed by atoms with Gasteiger partial charge in [-0.2, -0.15) is 4.98 Å². The fraction of sp³-hybridized carbons (Fsp3) is 0.389. The Bertz CT molecular complexity index is 722. The van der Waals surface area contributed by atoms with E-state index in [-0.39, 0.29) is 5.91 Å². The van der Waals surface area contributed by atoms with Crippen molar-refractivity contribution in [1.29, 1.82) is 0 Å². The number of benzene rings is 1. The van der Waals surface area contributed by atoms with Crippen LogP contribution in [0.25, 0.3) is 0 Å². The lowest BCUT2D eigenvalue weighted by Gasteiger charge is -2.35. The van der Waals surface area contributed by atoms with E-state index in [1.165, 1.54) is 5.56 Å². The van der Waals surface area contributed by atoms with Gasteiger partial charge in [0.1, 0.15) is 17.4 Å². The van der Waals surface area contributed by atoms with Crippen LogP contribution >= 0.6 is 0 Å². The number of nitrogens with zero attached hydrogens (tertiary/aromatic N) is 4. The van der Waals surface area contributed by atoms with Crippen LogP contribution in [-0.2, 0) is 4.79 Å². The van der Waals surface area contributed by atoms with E-state index in [0.717, 1.165) is 24.7 Å². The first kappa shape index (κ1) is 16.2. The van der Waals surface area contributed by atoms with Crippen LogP contribution in [0.3, 0.4) is 0 Å². The molecule has 0 atom stereocenters. The second-order valence-corrected chi connectivity index (χ2v) is 6.02. The number of aromatic nitrogens is 2. The molecule has 0 aliphatic carbocycles. The summed E-state index contributed by atoms with van der Waals surface area (Å²) in [6.45, 7) is 8.46. The minimum Gasteiger partial charge on any atom is -0.439 e. The molecule has 1 aliphatic heterocycles. The summed E-state index contributed by atoms with van der Waals surface area (Å²) in [7, 11) is 0. The molecule has 6 nitrogen and oxygen atoms in total. The van der Waals surface area contributed by atoms with E-state index in [1.807, 2.05) is 49.1 Å². The molecule has 0 N–H and O–H groups in total. The first-order valence-corrected chi connectivity index (χ1v) is 8.12. The Morgan fingerprint density at radius 2 is 1.71 bits per heavy atom. The lowest BCUT2D eigenvalue weighted by molar-refractivity contribution is -0.129. The van der Waals surface area contributed by atoms with E-state index in [1.54, 1.807) is 6.92 Å². The summed E-state index contributed by atoms with van der Waals surface area (Å²) in [6, 6.07) is 9.73. The Morgan fingerprint density at radius 1 is 1.04 bits per heavy atom. The van der Waals surface area contributed by atoms with Crippen LogP contribution in [0.15, 0.2) is 30.3 Å². The predicted molar refractivity (Wildman–Crippen MR) is 92.5 cm³/mol. The molecule has 1 aromatic carbocycles. The van der Waals surface area contributed by atoms with Crippen LogP contribution in [-0.4, -0.2) is 47.0 Å². The van der Waals surface area contributed by atoms with E-state index in [0.29, 0.717) is 24.8 Å². The van der Waals surface area contributed by atoms with Gasteiger partial charge in [0.25, 0.3) is 0 Å². The summed E-state index contributed by atoms with van der Waals surface area (Å²) in [5, 5.41) is 0. The van der Waals surface area contributed by atoms with Gasteiger partial charge in [0.05, 0.1) is 0 Å². The number of amides is 1. The lowest BCUT2D eigenvalue weighted by Crippen LogP contribution is -2.48. The zero-order chi connectivity index (χ0) is 17.1. The maximum atomic E-state index is 11.4. The highest BCUT2D eigenvalue weighted by molar-refractivity contribution is 5.73. The van der Waals surface area contributed by atoms with Crippen molar-refractivity contribution in [2.45, 2.75) is 20.8 Å². The SMILES string of the molecule is CC(=O)N1CCN(c2cc(Oc3ccc(C)cc3)nc(C)n2)CC1. The molecule has 0 radical (unpaired) electrons. The van der Waals surface area contributed by atoms with Crippen molar-refractivity contribution in [2.75, 3.05) is 31.1 Å². The van der Waals surface area contributed by atoms with Gasteiger partial charge in [0, 0.05) is 39.2 Å². The Balaban J connectivity index is 1.74. The van der Waals surface area contributed by atoms with Crippen molar-refractivity contribution in [3.8, 4) is 11.6 Å². The largest absolute Gasteiger partial charge is 0.439 e. The van der Waals surface area contributed by atoms with Crippen LogP contribution in [0.1, 0.15) is 18.3 Å². The van der Waals surface area contributed by atoms with Crippen molar-refractivity contribution in [3.05, 3.63) is 41.7 Å². The summed E-state index contributed by atoms with van der Waals surface area (Å²) in [5.41, 5.74) is 1.19. The molecular formula is C18H22N4O2. The average molecular weight is 326 g/mol. The van der Waals surface area contributed by atoms with Crippen LogP contribution in [0.4, 0.5) is 5.82 Å². The Hall–Kier alpha value is -2.63. The number of ether oxygens (including phenoxy) is 1. The quantitative estimate of drug-likeness (QED) is 0.867. The monoisotopic (exact) mass is 326 g/mol. The molecule has 0 saturated carbocycles. The fourth-order valence-electron chi connectivity index (χ4n) is 2.72. The molecule has 3 rings (SSSR count). The third kappa shape index (κ3) is 3.82. The third-order valence-corrected chi connectivity index (χ3v) is 4.09. The molecule has 2 heterocycles. The van der Waals surface area contributed by atoms with Gasteiger partial charge in [0.2, 0.25) is 11.8 Å². The Kier molecular flexibility index (Phi) is 4.64. The Morgan fingerprint density at radius 3 is 2.33 bits per heavy atom. The lowest BCUT2D eigenvalue weighted by atomic mass is 10.2. The average Bonchev–Trinajstić information content (AvgIpc) is 2.56. The second kappa shape index (κ2) is 6.86. The van der Waals surface area contributed by atoms with E-state index in [9.17, 15) is 4.79 Å². The number of aryl methyl sites for hydroxylation is 2. The van der Waals surface area contributed by atoms with Crippen LogP contribution in [0.5, 0.6) is 11.6 Å². The van der Waals surface area contributed by atoms with Crippen molar-refractivity contribution >= 4 is 11.7 Å². The molecule has 126 valence electrons. The molecule has 0 bridgehead atoms. The van der Waals surface area contributed by atoms with Gasteiger partial charge < -0.3 is 14.5 Å². The van der Waals surface area contributed by atoms with Crippen LogP contribution in [0, 0.1) is 13.8 Å². The molecule has 0 spiro atoms. The standard InChI is InChI=1S/C18H22N4O2/c1-13-4-6-16(7-5-13)24-18-12-17(19-14(2)20-18)22-10-8-21(9-11-22)15(3)23/h4-7,12H,8-11H2,1-3H3. The maximum absolute atomic E-state index is 11.4. The molecule has 0 unspecified atom stereocenters. The van der Waals surface area contributed by atoms with Gasteiger partial charge in [-0.15, -0.1) is 0 Å². The van der Waals surface area contributed by atoms with E-state index >= 15 is 0 Å². The second-order valence-electron chi connectivity index (χ2n) is 6.02. The van der Waals surface area contributed by atoms with Gasteiger partial charge >= 0.3 is 0 Å². The van der Waals surface area contributed by atoms with E-state index < -0.39 is 0 Å². The molecular weight excluding hydrogens is 304 g/mol. The third-order valence-electron chi connectivity index (χ3n) is 4.09. The maximum Gasteiger partial charge on any atom is 0.224 e. The normalized spacial score (nSPS) is 14.6. The topological polar surface area (TPSA) is 58.6 Å². The first-order valence-electron chi connectivity index (χ1n) is 8.12. The zero-order valence-electron chi connectivity index (χ0n) is 14.3. The molecule has 1 fully saturated rings. The highest BCUT2D eigenvalue weighted by Gasteiger charge is 2.20. The number of hydrogen-bond acceptors (Lipinski definition) is 5. The van der Waals surface area contributed by atoms with Crippen molar-refractivity contribution < 1.29 is 9.53 Å². The smallest absolute Gasteiger partial charge is 0.224 e. The molecule has 1 aliphatic rings. The molecule has 1 amide bonds. The van der Waals surface area contributed by atoms with Gasteiger partial charge in [-0.1, -0.05) is 17.7 Å². The highest BCUT2D eigenvalue weighted by atomic mass is 16.5. The predicted octanol–water partition coefficient (Wildman–Crippen LogP) is 2.55. The number of carbonyl (C=O) groups is 1. The van der Waals surface area contributed by atoms with Crippen molar-refractivity contribution in [2.24, 2.45) is 0 Å². The summed E-state index contributed by atoms with van der Waals surface area (Å²) in [5.74, 6) is 2.93. The number of anilines is 1.